The fourth-order valence-electron chi connectivity index (χ4n) is 1.01. The van der Waals surface area contributed by atoms with Crippen molar-refractivity contribution in [3.8, 4) is 0 Å². The molecule has 0 aliphatic heterocycles. The first-order valence-corrected chi connectivity index (χ1v) is 4.55. The highest BCUT2D eigenvalue weighted by atomic mass is 16.2. The Morgan fingerprint density at radius 2 is 2.29 bits per heavy atom. The molecular formula is C10H15N3O. The average Bonchev–Trinajstić information content (AvgIpc) is 2.17. The molecule has 14 heavy (non-hydrogen) atoms. The van der Waals surface area contributed by atoms with Gasteiger partial charge in [-0.1, -0.05) is 0 Å². The zero-order chi connectivity index (χ0) is 10.6. The molecular weight excluding hydrogens is 178 g/mol. The summed E-state index contributed by atoms with van der Waals surface area (Å²) in [7, 11) is 1.72. The summed E-state index contributed by atoms with van der Waals surface area (Å²) in [4.78, 5) is 17.0. The number of urea groups is 1. The van der Waals surface area contributed by atoms with Crippen molar-refractivity contribution in [2.24, 2.45) is 0 Å². The lowest BCUT2D eigenvalue weighted by Crippen LogP contribution is -2.40. The van der Waals surface area contributed by atoms with E-state index in [0.29, 0.717) is 0 Å². The Labute approximate surface area is 83.9 Å². The number of hydrogen-bond acceptors (Lipinski definition) is 2. The summed E-state index contributed by atoms with van der Waals surface area (Å²) in [5.74, 6) is 0. The van der Waals surface area contributed by atoms with Gasteiger partial charge in [0.25, 0.3) is 0 Å². The molecule has 0 atom stereocenters. The Bertz CT molecular complexity index is 297. The fourth-order valence-corrected chi connectivity index (χ4v) is 1.01. The minimum atomic E-state index is -0.118. The summed E-state index contributed by atoms with van der Waals surface area (Å²) in [6.45, 7) is 3.85. The van der Waals surface area contributed by atoms with Crippen LogP contribution in [0.1, 0.15) is 13.8 Å². The second kappa shape index (κ2) is 4.60. The van der Waals surface area contributed by atoms with Crippen LogP contribution in [0, 0.1) is 0 Å². The lowest BCUT2D eigenvalue weighted by Gasteiger charge is -2.19. The second-order valence-electron chi connectivity index (χ2n) is 3.37. The van der Waals surface area contributed by atoms with Crippen LogP contribution in [0.25, 0.3) is 0 Å². The third-order valence-corrected chi connectivity index (χ3v) is 1.75. The van der Waals surface area contributed by atoms with Gasteiger partial charge in [-0.2, -0.15) is 0 Å². The summed E-state index contributed by atoms with van der Waals surface area (Å²) in [5, 5.41) is 2.80. The molecule has 0 bridgehead atoms. The SMILES string of the molecule is CC(C)NC(=O)N(C)c1cccnc1. The normalized spacial score (nSPS) is 10.0. The van der Waals surface area contributed by atoms with Gasteiger partial charge in [-0.3, -0.25) is 9.88 Å². The van der Waals surface area contributed by atoms with Gasteiger partial charge in [-0.05, 0) is 26.0 Å². The van der Waals surface area contributed by atoms with Gasteiger partial charge < -0.3 is 5.32 Å². The minimum Gasteiger partial charge on any atom is -0.336 e. The Balaban J connectivity index is 2.66. The van der Waals surface area contributed by atoms with Crippen molar-refractivity contribution in [1.82, 2.24) is 10.3 Å². The minimum absolute atomic E-state index is 0.118. The summed E-state index contributed by atoms with van der Waals surface area (Å²) in [6.07, 6.45) is 3.33. The van der Waals surface area contributed by atoms with E-state index in [0.717, 1.165) is 5.69 Å². The number of carbonyl (C=O) groups is 1. The van der Waals surface area contributed by atoms with Crippen LogP contribution in [0.5, 0.6) is 0 Å². The van der Waals surface area contributed by atoms with Crippen molar-refractivity contribution < 1.29 is 4.79 Å². The molecule has 76 valence electrons. The van der Waals surface area contributed by atoms with E-state index in [1.807, 2.05) is 19.9 Å². The van der Waals surface area contributed by atoms with Crippen LogP contribution in [-0.2, 0) is 0 Å². The van der Waals surface area contributed by atoms with Crippen LogP contribution in [-0.4, -0.2) is 24.1 Å². The maximum atomic E-state index is 11.5. The first-order valence-electron chi connectivity index (χ1n) is 4.55. The number of hydrogen-bond donors (Lipinski definition) is 1. The first kappa shape index (κ1) is 10.5. The second-order valence-corrected chi connectivity index (χ2v) is 3.37. The molecule has 1 aromatic heterocycles. The lowest BCUT2D eigenvalue weighted by molar-refractivity contribution is 0.245. The zero-order valence-corrected chi connectivity index (χ0v) is 8.69. The molecule has 1 aromatic rings. The van der Waals surface area contributed by atoms with E-state index in [2.05, 4.69) is 10.3 Å². The number of carbonyl (C=O) groups excluding carboxylic acids is 1. The Hall–Kier alpha value is -1.58. The van der Waals surface area contributed by atoms with Crippen molar-refractivity contribution in [2.45, 2.75) is 19.9 Å². The number of nitrogens with zero attached hydrogens (tertiary/aromatic N) is 2. The zero-order valence-electron chi connectivity index (χ0n) is 8.69. The van der Waals surface area contributed by atoms with Gasteiger partial charge in [-0.25, -0.2) is 4.79 Å². The van der Waals surface area contributed by atoms with Crippen molar-refractivity contribution >= 4 is 11.7 Å². The van der Waals surface area contributed by atoms with E-state index in [1.165, 1.54) is 4.90 Å². The van der Waals surface area contributed by atoms with Crippen LogP contribution in [0.2, 0.25) is 0 Å². The van der Waals surface area contributed by atoms with E-state index in [9.17, 15) is 4.79 Å². The number of pyridine rings is 1. The lowest BCUT2D eigenvalue weighted by atomic mass is 10.4. The topological polar surface area (TPSA) is 45.2 Å². The van der Waals surface area contributed by atoms with E-state index in [1.54, 1.807) is 25.5 Å². The van der Waals surface area contributed by atoms with Gasteiger partial charge in [0, 0.05) is 19.3 Å². The maximum Gasteiger partial charge on any atom is 0.321 e. The van der Waals surface area contributed by atoms with Gasteiger partial charge in [0.05, 0.1) is 11.9 Å². The molecule has 4 nitrogen and oxygen atoms in total. The van der Waals surface area contributed by atoms with Crippen LogP contribution in [0.15, 0.2) is 24.5 Å². The number of rotatable bonds is 2. The summed E-state index contributed by atoms with van der Waals surface area (Å²) < 4.78 is 0. The third-order valence-electron chi connectivity index (χ3n) is 1.75. The van der Waals surface area contributed by atoms with Gasteiger partial charge in [0.1, 0.15) is 0 Å². The smallest absolute Gasteiger partial charge is 0.321 e. The molecule has 0 aromatic carbocycles. The van der Waals surface area contributed by atoms with Gasteiger partial charge in [0.15, 0.2) is 0 Å². The van der Waals surface area contributed by atoms with Crippen LogP contribution in [0.3, 0.4) is 0 Å². The maximum absolute atomic E-state index is 11.5. The van der Waals surface area contributed by atoms with E-state index in [-0.39, 0.29) is 12.1 Å². The molecule has 0 aliphatic rings. The van der Waals surface area contributed by atoms with E-state index < -0.39 is 0 Å². The molecule has 1 rings (SSSR count). The van der Waals surface area contributed by atoms with Crippen molar-refractivity contribution in [3.63, 3.8) is 0 Å². The fraction of sp³-hybridized carbons (Fsp3) is 0.400. The standard InChI is InChI=1S/C10H15N3O/c1-8(2)12-10(14)13(3)9-5-4-6-11-7-9/h4-8H,1-3H3,(H,12,14). The molecule has 0 aliphatic carbocycles. The highest BCUT2D eigenvalue weighted by Gasteiger charge is 2.10. The van der Waals surface area contributed by atoms with Crippen LogP contribution in [0.4, 0.5) is 10.5 Å². The Kier molecular flexibility index (Phi) is 3.45. The van der Waals surface area contributed by atoms with Crippen LogP contribution >= 0.6 is 0 Å². The predicted molar refractivity (Wildman–Crippen MR) is 56.3 cm³/mol. The van der Waals surface area contributed by atoms with Crippen molar-refractivity contribution in [2.75, 3.05) is 11.9 Å². The highest BCUT2D eigenvalue weighted by Crippen LogP contribution is 2.08. The summed E-state index contributed by atoms with van der Waals surface area (Å²) in [6, 6.07) is 3.66. The largest absolute Gasteiger partial charge is 0.336 e. The first-order chi connectivity index (χ1) is 6.61. The predicted octanol–water partition coefficient (Wildman–Crippen LogP) is 1.64. The molecule has 0 saturated carbocycles. The molecule has 0 saturated heterocycles. The number of nitrogens with one attached hydrogen (secondary N) is 1. The highest BCUT2D eigenvalue weighted by molar-refractivity contribution is 5.91. The van der Waals surface area contributed by atoms with E-state index in [4.69, 9.17) is 0 Å². The number of amides is 2. The van der Waals surface area contributed by atoms with Crippen molar-refractivity contribution in [3.05, 3.63) is 24.5 Å². The average molecular weight is 193 g/mol. The molecule has 0 unspecified atom stereocenters. The van der Waals surface area contributed by atoms with Crippen LogP contribution < -0.4 is 10.2 Å². The van der Waals surface area contributed by atoms with Gasteiger partial charge in [-0.15, -0.1) is 0 Å². The quantitative estimate of drug-likeness (QED) is 0.776. The van der Waals surface area contributed by atoms with E-state index >= 15 is 0 Å². The molecule has 1 N–H and O–H groups in total. The summed E-state index contributed by atoms with van der Waals surface area (Å²) in [5.41, 5.74) is 0.783. The van der Waals surface area contributed by atoms with Crippen molar-refractivity contribution in [1.29, 1.82) is 0 Å². The molecule has 4 heteroatoms. The molecule has 2 amide bonds. The Morgan fingerprint density at radius 3 is 2.79 bits per heavy atom. The summed E-state index contributed by atoms with van der Waals surface area (Å²) >= 11 is 0. The number of anilines is 1. The van der Waals surface area contributed by atoms with Gasteiger partial charge in [0.2, 0.25) is 0 Å². The third kappa shape index (κ3) is 2.73. The molecule has 0 fully saturated rings. The molecule has 1 heterocycles. The Morgan fingerprint density at radius 1 is 1.57 bits per heavy atom. The monoisotopic (exact) mass is 193 g/mol. The number of aromatic nitrogens is 1. The van der Waals surface area contributed by atoms with Gasteiger partial charge >= 0.3 is 6.03 Å². The molecule has 0 radical (unpaired) electrons. The molecule has 0 spiro atoms.